The van der Waals surface area contributed by atoms with Crippen molar-refractivity contribution in [1.29, 1.82) is 0 Å². The molecule has 0 fully saturated rings. The van der Waals surface area contributed by atoms with Crippen molar-refractivity contribution in [2.24, 2.45) is 0 Å². The Morgan fingerprint density at radius 1 is 1.50 bits per heavy atom. The third kappa shape index (κ3) is 5.04. The van der Waals surface area contributed by atoms with E-state index in [1.165, 1.54) is 5.54 Å². The van der Waals surface area contributed by atoms with Crippen LogP contribution in [0.25, 0.3) is 0 Å². The van der Waals surface area contributed by atoms with Crippen molar-refractivity contribution >= 4 is 46.4 Å². The summed E-state index contributed by atoms with van der Waals surface area (Å²) in [5, 5.41) is 0.474. The molecule has 0 aliphatic carbocycles. The van der Waals surface area contributed by atoms with Crippen molar-refractivity contribution < 1.29 is 0 Å². The molecule has 0 unspecified atom stereocenters. The number of rotatable bonds is 2. The average molecular weight is 194 g/mol. The van der Waals surface area contributed by atoms with E-state index in [9.17, 15) is 0 Å². The van der Waals surface area contributed by atoms with Crippen molar-refractivity contribution in [2.75, 3.05) is 0 Å². The van der Waals surface area contributed by atoms with Gasteiger partial charge in [0.2, 0.25) is 0 Å². The lowest BCUT2D eigenvalue weighted by molar-refractivity contribution is 1.13. The van der Waals surface area contributed by atoms with Gasteiger partial charge in [-0.15, -0.1) is 23.2 Å². The van der Waals surface area contributed by atoms with E-state index >= 15 is 0 Å². The van der Waals surface area contributed by atoms with Crippen molar-refractivity contribution in [3.63, 3.8) is 0 Å². The highest BCUT2D eigenvalue weighted by Gasteiger charge is 1.99. The number of hydrogen-bond donors (Lipinski definition) is 0. The first kappa shape index (κ1) is 8.90. The minimum absolute atomic E-state index is 0.411. The van der Waals surface area contributed by atoms with Crippen molar-refractivity contribution in [1.82, 2.24) is 0 Å². The zero-order valence-corrected chi connectivity index (χ0v) is 6.90. The van der Waals surface area contributed by atoms with Gasteiger partial charge in [-0.3, -0.25) is 0 Å². The van der Waals surface area contributed by atoms with E-state index in [1.807, 2.05) is 0 Å². The fourth-order valence-electron chi connectivity index (χ4n) is 0.192. The molecule has 4 heteroatoms. The second-order valence-corrected chi connectivity index (χ2v) is 3.13. The lowest BCUT2D eigenvalue weighted by atomic mass is 10.5. The zero-order valence-electron chi connectivity index (χ0n) is 3.87. The summed E-state index contributed by atoms with van der Waals surface area (Å²) in [5.41, 5.74) is 1.25. The normalized spacial score (nSPS) is 12.9. The van der Waals surface area contributed by atoms with Gasteiger partial charge in [-0.05, 0) is 0 Å². The van der Waals surface area contributed by atoms with E-state index in [2.05, 4.69) is 0 Å². The summed E-state index contributed by atoms with van der Waals surface area (Å²) in [6.07, 6.45) is 0.411. The summed E-state index contributed by atoms with van der Waals surface area (Å²) in [7, 11) is 0. The van der Waals surface area contributed by atoms with Crippen LogP contribution in [-0.4, -0.2) is 4.84 Å². The van der Waals surface area contributed by atoms with E-state index in [4.69, 9.17) is 46.4 Å². The maximum atomic E-state index is 5.42. The Morgan fingerprint density at radius 3 is 2.12 bits per heavy atom. The zero-order chi connectivity index (χ0) is 6.57. The molecule has 8 heavy (non-hydrogen) atoms. The maximum Gasteiger partial charge on any atom is 0.112 e. The quantitative estimate of drug-likeness (QED) is 0.590. The van der Waals surface area contributed by atoms with Gasteiger partial charge in [0.1, 0.15) is 4.84 Å². The first-order chi connectivity index (χ1) is 3.66. The number of hydrogen-bond acceptors (Lipinski definition) is 0. The Bertz CT molecular complexity index is 86.0. The van der Waals surface area contributed by atoms with E-state index in [1.54, 1.807) is 0 Å². The molecule has 0 spiro atoms. The number of halogens is 4. The van der Waals surface area contributed by atoms with Crippen LogP contribution in [0.5, 0.6) is 0 Å². The Morgan fingerprint density at radius 2 is 2.00 bits per heavy atom. The van der Waals surface area contributed by atoms with Gasteiger partial charge in [0.25, 0.3) is 0 Å². The molecule has 0 nitrogen and oxygen atoms in total. The molecule has 0 amide bonds. The van der Waals surface area contributed by atoms with E-state index in [0.29, 0.717) is 11.5 Å². The van der Waals surface area contributed by atoms with E-state index < -0.39 is 4.84 Å². The lowest BCUT2D eigenvalue weighted by Gasteiger charge is -1.94. The molecule has 48 valence electrons. The van der Waals surface area contributed by atoms with Crippen LogP contribution >= 0.6 is 46.4 Å². The van der Waals surface area contributed by atoms with Gasteiger partial charge in [-0.1, -0.05) is 23.2 Å². The molecule has 0 bridgehead atoms. The first-order valence-electron chi connectivity index (χ1n) is 1.89. The molecule has 0 aromatic heterocycles. The van der Waals surface area contributed by atoms with Crippen LogP contribution in [0.4, 0.5) is 0 Å². The van der Waals surface area contributed by atoms with E-state index in [0.717, 1.165) is 0 Å². The minimum Gasteiger partial charge on any atom is -0.105 e. The third-order valence-corrected chi connectivity index (χ3v) is 1.41. The highest BCUT2D eigenvalue weighted by Crippen LogP contribution is 2.17. The summed E-state index contributed by atoms with van der Waals surface area (Å²) in [5.74, 6) is 0. The minimum atomic E-state index is -0.461. The van der Waals surface area contributed by atoms with Crippen LogP contribution < -0.4 is 0 Å². The molecule has 0 radical (unpaired) electrons. The molecule has 0 aromatic rings. The fraction of sp³-hybridized carbons (Fsp3) is 0.500. The molecule has 0 atom stereocenters. The molecule has 0 aliphatic rings. The van der Waals surface area contributed by atoms with Crippen LogP contribution in [0.3, 0.4) is 0 Å². The second-order valence-electron chi connectivity index (χ2n) is 1.15. The molecular formula is C4H4Cl4. The van der Waals surface area contributed by atoms with Gasteiger partial charge in [0.05, 0.1) is 0 Å². The first-order valence-corrected chi connectivity index (χ1v) is 3.58. The molecule has 0 rings (SSSR count). The van der Waals surface area contributed by atoms with Gasteiger partial charge in [0.15, 0.2) is 0 Å². The molecule has 0 N–H and O–H groups in total. The van der Waals surface area contributed by atoms with Crippen molar-refractivity contribution in [3.05, 3.63) is 10.6 Å². The summed E-state index contributed by atoms with van der Waals surface area (Å²) < 4.78 is 0. The highest BCUT2D eigenvalue weighted by atomic mass is 35.5. The number of alkyl halides is 2. The summed E-state index contributed by atoms with van der Waals surface area (Å²) >= 11 is 21.3. The summed E-state index contributed by atoms with van der Waals surface area (Å²) in [6.45, 7) is 0. The average Bonchev–Trinajstić information content (AvgIpc) is 1.65. The van der Waals surface area contributed by atoms with Crippen LogP contribution in [0.15, 0.2) is 10.6 Å². The van der Waals surface area contributed by atoms with Crippen LogP contribution in [0.2, 0.25) is 0 Å². The molecule has 0 heterocycles. The number of allylic oxidation sites excluding steroid dienone is 1. The Labute approximate surface area is 68.4 Å². The van der Waals surface area contributed by atoms with Gasteiger partial charge >= 0.3 is 0 Å². The van der Waals surface area contributed by atoms with Gasteiger partial charge < -0.3 is 0 Å². The predicted molar refractivity (Wildman–Crippen MR) is 39.9 cm³/mol. The standard InChI is InChI=1S/C4H4Cl4/c5-2-3(6)1-4(7)8/h2,4H,1H2/b3-2+. The largest absolute Gasteiger partial charge is 0.112 e. The summed E-state index contributed by atoms with van der Waals surface area (Å²) in [6, 6.07) is 0. The second kappa shape index (κ2) is 4.75. The fourth-order valence-corrected chi connectivity index (χ4v) is 0.926. The van der Waals surface area contributed by atoms with Gasteiger partial charge in [0, 0.05) is 17.0 Å². The van der Waals surface area contributed by atoms with Crippen LogP contribution in [0.1, 0.15) is 6.42 Å². The molecule has 0 aliphatic heterocycles. The van der Waals surface area contributed by atoms with Gasteiger partial charge in [-0.2, -0.15) is 0 Å². The van der Waals surface area contributed by atoms with Crippen LogP contribution in [0, 0.1) is 0 Å². The summed E-state index contributed by atoms with van der Waals surface area (Å²) in [4.78, 5) is -0.461. The van der Waals surface area contributed by atoms with Crippen LogP contribution in [-0.2, 0) is 0 Å². The van der Waals surface area contributed by atoms with Crippen molar-refractivity contribution in [2.45, 2.75) is 11.3 Å². The highest BCUT2D eigenvalue weighted by molar-refractivity contribution is 6.45. The monoisotopic (exact) mass is 192 g/mol. The molecular weight excluding hydrogens is 190 g/mol. The Kier molecular flexibility index (Phi) is 5.28. The lowest BCUT2D eigenvalue weighted by Crippen LogP contribution is -1.83. The third-order valence-electron chi connectivity index (χ3n) is 0.468. The topological polar surface area (TPSA) is 0 Å². The molecule has 0 saturated heterocycles. The maximum absolute atomic E-state index is 5.42. The smallest absolute Gasteiger partial charge is 0.105 e. The predicted octanol–water partition coefficient (Wildman–Crippen LogP) is 3.50. The van der Waals surface area contributed by atoms with Gasteiger partial charge in [-0.25, -0.2) is 0 Å². The molecule has 0 saturated carbocycles. The SMILES string of the molecule is Cl/C=C(/Cl)CC(Cl)Cl. The van der Waals surface area contributed by atoms with E-state index in [-0.39, 0.29) is 0 Å². The van der Waals surface area contributed by atoms with Crippen molar-refractivity contribution in [3.8, 4) is 0 Å². The Hall–Kier alpha value is 0.900. The molecule has 0 aromatic carbocycles. The Balaban J connectivity index is 3.39.